The summed E-state index contributed by atoms with van der Waals surface area (Å²) in [7, 11) is 1.70. The van der Waals surface area contributed by atoms with Crippen molar-refractivity contribution in [1.29, 1.82) is 5.26 Å². The number of hydrogen-bond acceptors (Lipinski definition) is 10. The van der Waals surface area contributed by atoms with Crippen LogP contribution in [0.1, 0.15) is 30.0 Å². The summed E-state index contributed by atoms with van der Waals surface area (Å²) >= 11 is 0. The van der Waals surface area contributed by atoms with Crippen molar-refractivity contribution in [3.8, 4) is 11.9 Å². The third-order valence-electron chi connectivity index (χ3n) is 5.32. The molecule has 13 nitrogen and oxygen atoms in total. The molecule has 0 aromatic carbocycles. The van der Waals surface area contributed by atoms with Gasteiger partial charge in [0.2, 0.25) is 0 Å². The quantitative estimate of drug-likeness (QED) is 0.281. The van der Waals surface area contributed by atoms with Crippen molar-refractivity contribution in [2.75, 3.05) is 30.8 Å². The lowest BCUT2D eigenvalue weighted by Crippen LogP contribution is -2.36. The molecule has 13 heteroatoms. The average molecular weight is 489 g/mol. The van der Waals surface area contributed by atoms with Crippen molar-refractivity contribution < 1.29 is 9.90 Å². The second-order valence-corrected chi connectivity index (χ2v) is 8.67. The number of carbonyl (C=O) groups is 1. The van der Waals surface area contributed by atoms with Crippen LogP contribution in [0.5, 0.6) is 0 Å². The molecule has 184 valence electrons. The van der Waals surface area contributed by atoms with E-state index in [-0.39, 0.29) is 41.9 Å². The summed E-state index contributed by atoms with van der Waals surface area (Å²) in [6, 6.07) is 6.77. The largest absolute Gasteiger partial charge is 0.396 e. The highest BCUT2D eigenvalue weighted by Gasteiger charge is 2.21. The molecule has 0 atom stereocenters. The number of pyridine rings is 1. The van der Waals surface area contributed by atoms with Crippen molar-refractivity contribution in [2.24, 2.45) is 5.41 Å². The van der Waals surface area contributed by atoms with Crippen LogP contribution in [0.15, 0.2) is 47.8 Å². The van der Waals surface area contributed by atoms with Crippen LogP contribution in [0.25, 0.3) is 11.5 Å². The van der Waals surface area contributed by atoms with Crippen LogP contribution in [0, 0.1) is 16.7 Å². The molecule has 4 N–H and O–H groups in total. The van der Waals surface area contributed by atoms with E-state index in [0.29, 0.717) is 11.3 Å². The molecular formula is C23H24N10O3. The van der Waals surface area contributed by atoms with Gasteiger partial charge in [0, 0.05) is 37.9 Å². The van der Waals surface area contributed by atoms with Crippen LogP contribution in [-0.4, -0.2) is 60.3 Å². The van der Waals surface area contributed by atoms with Gasteiger partial charge in [0.15, 0.2) is 28.7 Å². The van der Waals surface area contributed by atoms with Gasteiger partial charge in [-0.3, -0.25) is 19.1 Å². The normalized spacial score (nSPS) is 11.2. The van der Waals surface area contributed by atoms with Gasteiger partial charge in [-0.25, -0.2) is 14.5 Å². The predicted octanol–water partition coefficient (Wildman–Crippen LogP) is 1.08. The fourth-order valence-electron chi connectivity index (χ4n) is 3.27. The Labute approximate surface area is 205 Å². The first-order valence-electron chi connectivity index (χ1n) is 10.9. The van der Waals surface area contributed by atoms with Crippen molar-refractivity contribution >= 4 is 28.7 Å². The standard InChI is InChI=1S/C23H24N10O3/c1-23(2,13-34)12-28-21(35)17-10-27-20-16(25-3)7-18(31-33(17)20)30-15-5-4-6-32(22(15)36)19-11-26-9-14(8-24)29-19/h4-7,9-11,25,34H,12-13H2,1-3H3,(H,28,35)(H,30,31). The fraction of sp³-hybridized carbons (Fsp3) is 0.261. The van der Waals surface area contributed by atoms with E-state index in [4.69, 9.17) is 5.26 Å². The molecule has 0 fully saturated rings. The van der Waals surface area contributed by atoms with Gasteiger partial charge in [-0.2, -0.15) is 5.26 Å². The zero-order valence-electron chi connectivity index (χ0n) is 19.8. The summed E-state index contributed by atoms with van der Waals surface area (Å²) in [5.74, 6) is 0.0661. The highest BCUT2D eigenvalue weighted by atomic mass is 16.3. The summed E-state index contributed by atoms with van der Waals surface area (Å²) in [5, 5.41) is 31.8. The Morgan fingerprint density at radius 2 is 2.06 bits per heavy atom. The van der Waals surface area contributed by atoms with Crippen LogP contribution in [-0.2, 0) is 0 Å². The minimum Gasteiger partial charge on any atom is -0.396 e. The van der Waals surface area contributed by atoms with Crippen LogP contribution in [0.3, 0.4) is 0 Å². The Morgan fingerprint density at radius 1 is 1.25 bits per heavy atom. The fourth-order valence-corrected chi connectivity index (χ4v) is 3.27. The second-order valence-electron chi connectivity index (χ2n) is 8.67. The topological polar surface area (TPSA) is 175 Å². The Morgan fingerprint density at radius 3 is 2.78 bits per heavy atom. The monoisotopic (exact) mass is 488 g/mol. The Bertz CT molecular complexity index is 1530. The first kappa shape index (κ1) is 24.3. The maximum absolute atomic E-state index is 13.1. The molecule has 0 spiro atoms. The third kappa shape index (κ3) is 4.84. The molecule has 0 aliphatic heterocycles. The molecule has 0 radical (unpaired) electrons. The van der Waals surface area contributed by atoms with E-state index in [1.54, 1.807) is 25.2 Å². The highest BCUT2D eigenvalue weighted by molar-refractivity contribution is 5.94. The maximum Gasteiger partial charge on any atom is 0.280 e. The number of nitrogens with one attached hydrogen (secondary N) is 3. The zero-order chi connectivity index (χ0) is 25.9. The number of aliphatic hydroxyl groups is 1. The van der Waals surface area contributed by atoms with Gasteiger partial charge in [-0.1, -0.05) is 13.8 Å². The number of amides is 1. The van der Waals surface area contributed by atoms with Gasteiger partial charge in [0.1, 0.15) is 11.8 Å². The minimum absolute atomic E-state index is 0.0804. The number of carbonyl (C=O) groups excluding carboxylic acids is 1. The number of nitrogens with zero attached hydrogens (tertiary/aromatic N) is 7. The van der Waals surface area contributed by atoms with Crippen LogP contribution in [0.4, 0.5) is 17.2 Å². The van der Waals surface area contributed by atoms with Crippen molar-refractivity contribution in [2.45, 2.75) is 13.8 Å². The third-order valence-corrected chi connectivity index (χ3v) is 5.32. The number of nitriles is 1. The van der Waals surface area contributed by atoms with E-state index in [2.05, 4.69) is 36.0 Å². The van der Waals surface area contributed by atoms with Gasteiger partial charge < -0.3 is 21.1 Å². The number of aliphatic hydroxyl groups excluding tert-OH is 1. The van der Waals surface area contributed by atoms with Gasteiger partial charge in [0.25, 0.3) is 11.5 Å². The molecule has 0 bridgehead atoms. The minimum atomic E-state index is -0.489. The lowest BCUT2D eigenvalue weighted by atomic mass is 9.95. The number of rotatable bonds is 8. The second kappa shape index (κ2) is 9.80. The lowest BCUT2D eigenvalue weighted by molar-refractivity contribution is 0.0904. The number of fused-ring (bicyclic) bond motifs is 1. The smallest absolute Gasteiger partial charge is 0.280 e. The number of imidazole rings is 1. The molecule has 0 aliphatic carbocycles. The first-order chi connectivity index (χ1) is 17.3. The van der Waals surface area contributed by atoms with Gasteiger partial charge >= 0.3 is 0 Å². The average Bonchev–Trinajstić information content (AvgIpc) is 3.32. The van der Waals surface area contributed by atoms with Gasteiger partial charge in [0.05, 0.1) is 24.3 Å². The van der Waals surface area contributed by atoms with E-state index < -0.39 is 16.9 Å². The summed E-state index contributed by atoms with van der Waals surface area (Å²) < 4.78 is 2.63. The molecule has 0 saturated carbocycles. The van der Waals surface area contributed by atoms with Crippen molar-refractivity contribution in [1.82, 2.24) is 34.4 Å². The van der Waals surface area contributed by atoms with E-state index >= 15 is 0 Å². The van der Waals surface area contributed by atoms with Crippen LogP contribution >= 0.6 is 0 Å². The maximum atomic E-state index is 13.1. The molecule has 4 rings (SSSR count). The SMILES string of the molecule is CNc1cc(Nc2cccn(-c3cncc(C#N)n3)c2=O)nn2c(C(=O)NCC(C)(C)CO)cnc12. The Kier molecular flexibility index (Phi) is 6.62. The summed E-state index contributed by atoms with van der Waals surface area (Å²) in [4.78, 5) is 38.3. The molecular weight excluding hydrogens is 464 g/mol. The van der Waals surface area contributed by atoms with Crippen molar-refractivity contribution in [3.63, 3.8) is 0 Å². The van der Waals surface area contributed by atoms with E-state index in [0.717, 1.165) is 0 Å². The molecule has 4 aromatic heterocycles. The Balaban J connectivity index is 1.69. The van der Waals surface area contributed by atoms with E-state index in [1.165, 1.54) is 33.9 Å². The Hall–Kier alpha value is -4.83. The van der Waals surface area contributed by atoms with Crippen LogP contribution in [0.2, 0.25) is 0 Å². The molecule has 1 amide bonds. The molecule has 0 unspecified atom stereocenters. The van der Waals surface area contributed by atoms with Crippen molar-refractivity contribution in [3.05, 3.63) is 64.7 Å². The van der Waals surface area contributed by atoms with Gasteiger partial charge in [-0.05, 0) is 12.1 Å². The summed E-state index contributed by atoms with van der Waals surface area (Å²) in [6.45, 7) is 3.83. The summed E-state index contributed by atoms with van der Waals surface area (Å²) in [6.07, 6.45) is 5.60. The highest BCUT2D eigenvalue weighted by Crippen LogP contribution is 2.22. The first-order valence-corrected chi connectivity index (χ1v) is 10.9. The number of hydrogen-bond donors (Lipinski definition) is 4. The molecule has 4 aromatic rings. The lowest BCUT2D eigenvalue weighted by Gasteiger charge is -2.21. The predicted molar refractivity (Wildman–Crippen MR) is 131 cm³/mol. The molecule has 0 saturated heterocycles. The van der Waals surface area contributed by atoms with E-state index in [9.17, 15) is 14.7 Å². The van der Waals surface area contributed by atoms with Gasteiger partial charge in [-0.15, -0.1) is 5.10 Å². The molecule has 36 heavy (non-hydrogen) atoms. The molecule has 4 heterocycles. The summed E-state index contributed by atoms with van der Waals surface area (Å²) in [5.41, 5.74) is 0.520. The van der Waals surface area contributed by atoms with Crippen LogP contribution < -0.4 is 21.5 Å². The number of aromatic nitrogens is 6. The van der Waals surface area contributed by atoms with E-state index in [1.807, 2.05) is 19.9 Å². The number of anilines is 3. The molecule has 0 aliphatic rings. The zero-order valence-corrected chi connectivity index (χ0v) is 19.8.